The lowest BCUT2D eigenvalue weighted by Crippen LogP contribution is -2.59. The Kier molecular flexibility index (Phi) is 10.5. The Hall–Kier alpha value is -3.95. The molecule has 9 nitrogen and oxygen atoms in total. The molecule has 2 bridgehead atoms. The largest absolute Gasteiger partial charge is 0.494 e. The van der Waals surface area contributed by atoms with Gasteiger partial charge in [0.05, 0.1) is 36.7 Å². The normalized spacial score (nSPS) is 27.6. The van der Waals surface area contributed by atoms with E-state index in [-0.39, 0.29) is 49.3 Å². The average Bonchev–Trinajstić information content (AvgIpc) is 3.58. The van der Waals surface area contributed by atoms with Gasteiger partial charge in [0.15, 0.2) is 0 Å². The first kappa shape index (κ1) is 36.3. The van der Waals surface area contributed by atoms with E-state index in [1.54, 1.807) is 26.9 Å². The average molecular weight is 672 g/mol. The Bertz CT molecular complexity index is 1590. The monoisotopic (exact) mass is 671 g/mol. The Labute approximate surface area is 291 Å². The van der Waals surface area contributed by atoms with Crippen LogP contribution in [0, 0.1) is 37.5 Å². The molecule has 1 spiro atoms. The van der Waals surface area contributed by atoms with Crippen molar-refractivity contribution in [2.75, 3.05) is 36.1 Å². The summed E-state index contributed by atoms with van der Waals surface area (Å²) >= 11 is 0. The lowest BCUT2D eigenvalue weighted by molar-refractivity contribution is -0.149. The van der Waals surface area contributed by atoms with Crippen molar-refractivity contribution in [1.29, 1.82) is 0 Å². The topological polar surface area (TPSA) is 99.6 Å². The Morgan fingerprint density at radius 2 is 1.73 bits per heavy atom. The summed E-state index contributed by atoms with van der Waals surface area (Å²) in [7, 11) is 0. The van der Waals surface area contributed by atoms with E-state index in [2.05, 4.69) is 13.2 Å². The van der Waals surface area contributed by atoms with Crippen molar-refractivity contribution >= 4 is 29.1 Å². The summed E-state index contributed by atoms with van der Waals surface area (Å²) in [6.07, 6.45) is 4.26. The summed E-state index contributed by atoms with van der Waals surface area (Å²) in [5, 5.41) is 10.8. The molecule has 2 aromatic carbocycles. The molecule has 3 unspecified atom stereocenters. The standard InChI is InChI=1S/C40H53N3O6/c1-10-19-41(29-15-17-31(18-16-29)48-12-3)36(45)33-34-37(46)43(30(24-44)21-25(4)5)35(40(34)23-28(8)39(33,9)49-40)38(47)42(20-11-2)32-22-26(6)13-14-27(32)7/h10-11,13-18,22,25,28,30,33-35,44H,1-2,12,19-21,23-24H2,3-9H3/t28?,30-,33-,34+,35?,39+,40?/m1/s1. The van der Waals surface area contributed by atoms with E-state index in [4.69, 9.17) is 9.47 Å². The molecule has 0 aliphatic carbocycles. The molecule has 3 aliphatic heterocycles. The predicted molar refractivity (Wildman–Crippen MR) is 193 cm³/mol. The quantitative estimate of drug-likeness (QED) is 0.253. The van der Waals surface area contributed by atoms with Crippen LogP contribution in [-0.4, -0.2) is 77.3 Å². The molecule has 3 amide bonds. The lowest BCUT2D eigenvalue weighted by Gasteiger charge is -2.40. The van der Waals surface area contributed by atoms with Gasteiger partial charge in [0.1, 0.15) is 17.4 Å². The van der Waals surface area contributed by atoms with Crippen LogP contribution in [0.5, 0.6) is 5.75 Å². The summed E-state index contributed by atoms with van der Waals surface area (Å²) in [6, 6.07) is 11.6. The molecular weight excluding hydrogens is 618 g/mol. The molecule has 0 saturated carbocycles. The highest BCUT2D eigenvalue weighted by atomic mass is 16.5. The van der Waals surface area contributed by atoms with Crippen molar-refractivity contribution in [3.63, 3.8) is 0 Å². The highest BCUT2D eigenvalue weighted by Crippen LogP contribution is 2.66. The molecule has 0 aromatic heterocycles. The molecule has 3 aliphatic rings. The molecule has 3 saturated heterocycles. The first-order valence-electron chi connectivity index (χ1n) is 17.6. The molecule has 49 heavy (non-hydrogen) atoms. The Balaban J connectivity index is 1.66. The van der Waals surface area contributed by atoms with Gasteiger partial charge in [0.2, 0.25) is 11.8 Å². The van der Waals surface area contributed by atoms with Gasteiger partial charge in [0.25, 0.3) is 5.91 Å². The number of aliphatic hydroxyl groups excluding tert-OH is 1. The van der Waals surface area contributed by atoms with Gasteiger partial charge >= 0.3 is 0 Å². The van der Waals surface area contributed by atoms with Crippen molar-refractivity contribution in [3.05, 3.63) is 78.9 Å². The fraction of sp³-hybridized carbons (Fsp3) is 0.525. The number of carbonyl (C=O) groups is 3. The van der Waals surface area contributed by atoms with Gasteiger partial charge in [0, 0.05) is 24.5 Å². The maximum absolute atomic E-state index is 15.2. The van der Waals surface area contributed by atoms with Crippen molar-refractivity contribution in [2.24, 2.45) is 23.7 Å². The summed E-state index contributed by atoms with van der Waals surface area (Å²) < 4.78 is 12.7. The van der Waals surface area contributed by atoms with Crippen LogP contribution in [0.3, 0.4) is 0 Å². The van der Waals surface area contributed by atoms with Gasteiger partial charge in [-0.05, 0) is 93.8 Å². The van der Waals surface area contributed by atoms with E-state index in [1.807, 2.05) is 90.9 Å². The van der Waals surface area contributed by atoms with Crippen LogP contribution in [0.25, 0.3) is 0 Å². The third kappa shape index (κ3) is 6.09. The molecule has 3 heterocycles. The zero-order chi connectivity index (χ0) is 35.8. The van der Waals surface area contributed by atoms with Crippen molar-refractivity contribution < 1.29 is 29.0 Å². The fourth-order valence-electron chi connectivity index (χ4n) is 8.65. The maximum atomic E-state index is 15.2. The van der Waals surface area contributed by atoms with Gasteiger partial charge in [-0.25, -0.2) is 0 Å². The van der Waals surface area contributed by atoms with Crippen LogP contribution in [0.2, 0.25) is 0 Å². The Morgan fingerprint density at radius 1 is 1.08 bits per heavy atom. The minimum Gasteiger partial charge on any atom is -0.494 e. The number of amides is 3. The lowest BCUT2D eigenvalue weighted by atomic mass is 9.62. The summed E-state index contributed by atoms with van der Waals surface area (Å²) in [5.74, 6) is -1.99. The highest BCUT2D eigenvalue weighted by Gasteiger charge is 2.80. The predicted octanol–water partition coefficient (Wildman–Crippen LogP) is 5.86. The van der Waals surface area contributed by atoms with Crippen LogP contribution < -0.4 is 14.5 Å². The van der Waals surface area contributed by atoms with Gasteiger partial charge in [-0.2, -0.15) is 0 Å². The molecule has 264 valence electrons. The zero-order valence-corrected chi connectivity index (χ0v) is 30.1. The van der Waals surface area contributed by atoms with E-state index in [0.29, 0.717) is 30.9 Å². The number of nitrogens with zero attached hydrogens (tertiary/aromatic N) is 3. The van der Waals surface area contributed by atoms with Crippen LogP contribution in [-0.2, 0) is 19.1 Å². The van der Waals surface area contributed by atoms with Crippen molar-refractivity contribution in [1.82, 2.24) is 4.90 Å². The van der Waals surface area contributed by atoms with Gasteiger partial charge in [-0.3, -0.25) is 14.4 Å². The minimum atomic E-state index is -1.27. The number of fused-ring (bicyclic) bond motifs is 1. The summed E-state index contributed by atoms with van der Waals surface area (Å²) in [6.45, 7) is 22.4. The molecule has 0 radical (unpaired) electrons. The zero-order valence-electron chi connectivity index (χ0n) is 30.1. The third-order valence-corrected chi connectivity index (χ3v) is 10.9. The summed E-state index contributed by atoms with van der Waals surface area (Å²) in [5.41, 5.74) is 0.995. The third-order valence-electron chi connectivity index (χ3n) is 10.9. The second-order valence-electron chi connectivity index (χ2n) is 14.6. The number of ether oxygens (including phenoxy) is 2. The molecule has 7 atom stereocenters. The molecule has 9 heteroatoms. The number of aryl methyl sites for hydroxylation is 2. The van der Waals surface area contributed by atoms with Gasteiger partial charge in [-0.15, -0.1) is 13.2 Å². The van der Waals surface area contributed by atoms with Crippen molar-refractivity contribution in [2.45, 2.75) is 84.6 Å². The first-order valence-corrected chi connectivity index (χ1v) is 17.6. The molecule has 2 aromatic rings. The molecule has 5 rings (SSSR count). The number of rotatable bonds is 14. The van der Waals surface area contributed by atoms with Crippen LogP contribution >= 0.6 is 0 Å². The minimum absolute atomic E-state index is 0.135. The summed E-state index contributed by atoms with van der Waals surface area (Å²) in [4.78, 5) is 50.1. The number of carbonyl (C=O) groups excluding carboxylic acids is 3. The van der Waals surface area contributed by atoms with Gasteiger partial charge < -0.3 is 29.3 Å². The molecule has 3 fully saturated rings. The number of anilines is 2. The smallest absolute Gasteiger partial charge is 0.253 e. The number of hydrogen-bond acceptors (Lipinski definition) is 6. The maximum Gasteiger partial charge on any atom is 0.253 e. The molecular formula is C40H53N3O6. The van der Waals surface area contributed by atoms with Crippen LogP contribution in [0.1, 0.15) is 58.6 Å². The van der Waals surface area contributed by atoms with E-state index in [0.717, 1.165) is 16.8 Å². The highest BCUT2D eigenvalue weighted by molar-refractivity contribution is 6.07. The van der Waals surface area contributed by atoms with E-state index >= 15 is 9.59 Å². The number of benzene rings is 2. The fourth-order valence-corrected chi connectivity index (χ4v) is 8.65. The number of likely N-dealkylation sites (tertiary alicyclic amines) is 1. The number of aliphatic hydroxyl groups is 1. The van der Waals surface area contributed by atoms with Gasteiger partial charge in [-0.1, -0.05) is 45.1 Å². The number of hydrogen-bond donors (Lipinski definition) is 1. The van der Waals surface area contributed by atoms with E-state index in [9.17, 15) is 9.90 Å². The van der Waals surface area contributed by atoms with Crippen LogP contribution in [0.4, 0.5) is 11.4 Å². The second kappa shape index (κ2) is 14.1. The first-order chi connectivity index (χ1) is 23.3. The Morgan fingerprint density at radius 3 is 2.33 bits per heavy atom. The van der Waals surface area contributed by atoms with E-state index in [1.165, 1.54) is 0 Å². The molecule has 1 N–H and O–H groups in total. The SMILES string of the molecule is C=CCN(C(=O)[C@H]1[C@H]2C(=O)N([C@@H](CO)CC(C)C)C(C(=O)N(CC=C)c3cc(C)ccc3C)C23CC(C)[C@]1(C)O3)c1ccc(OCC)cc1. The van der Waals surface area contributed by atoms with E-state index < -0.39 is 35.1 Å². The second-order valence-corrected chi connectivity index (χ2v) is 14.6. The van der Waals surface area contributed by atoms with Crippen LogP contribution in [0.15, 0.2) is 67.8 Å². The van der Waals surface area contributed by atoms with Crippen molar-refractivity contribution in [3.8, 4) is 5.75 Å².